The molecule has 0 amide bonds. The molecule has 1 N–H and O–H groups in total. The standard InChI is InChI=1S/C15H25N3O2/c1-13(10-15(19)20)14-4-2-6-17(11-14)7-3-8-18-9-5-16-12-18/h5,9,12-14H,2-4,6-8,10-11H2,1H3,(H,19,20). The lowest BCUT2D eigenvalue weighted by Crippen LogP contribution is -2.39. The quantitative estimate of drug-likeness (QED) is 0.830. The number of nitrogens with zero attached hydrogens (tertiary/aromatic N) is 3. The molecule has 112 valence electrons. The van der Waals surface area contributed by atoms with Gasteiger partial charge in [-0.2, -0.15) is 0 Å². The molecule has 1 aromatic heterocycles. The highest BCUT2D eigenvalue weighted by molar-refractivity contribution is 5.66. The molecule has 0 saturated carbocycles. The summed E-state index contributed by atoms with van der Waals surface area (Å²) >= 11 is 0. The summed E-state index contributed by atoms with van der Waals surface area (Å²) in [6, 6.07) is 0. The number of likely N-dealkylation sites (tertiary alicyclic amines) is 1. The van der Waals surface area contributed by atoms with Gasteiger partial charge in [-0.05, 0) is 44.2 Å². The highest BCUT2D eigenvalue weighted by Gasteiger charge is 2.25. The fourth-order valence-electron chi connectivity index (χ4n) is 3.10. The summed E-state index contributed by atoms with van der Waals surface area (Å²) in [6.07, 6.45) is 9.45. The predicted molar refractivity (Wildman–Crippen MR) is 77.4 cm³/mol. The summed E-state index contributed by atoms with van der Waals surface area (Å²) in [5, 5.41) is 8.91. The number of aliphatic carboxylic acids is 1. The minimum Gasteiger partial charge on any atom is -0.481 e. The first-order valence-electron chi connectivity index (χ1n) is 7.55. The first kappa shape index (κ1) is 15.0. The van der Waals surface area contributed by atoms with Gasteiger partial charge in [-0.1, -0.05) is 6.92 Å². The van der Waals surface area contributed by atoms with E-state index < -0.39 is 5.97 Å². The fourth-order valence-corrected chi connectivity index (χ4v) is 3.10. The summed E-state index contributed by atoms with van der Waals surface area (Å²) < 4.78 is 2.11. The Bertz CT molecular complexity index is 405. The highest BCUT2D eigenvalue weighted by atomic mass is 16.4. The van der Waals surface area contributed by atoms with E-state index in [1.807, 2.05) is 18.7 Å². The van der Waals surface area contributed by atoms with Gasteiger partial charge in [-0.3, -0.25) is 4.79 Å². The summed E-state index contributed by atoms with van der Waals surface area (Å²) in [6.45, 7) is 6.38. The maximum Gasteiger partial charge on any atom is 0.303 e. The van der Waals surface area contributed by atoms with Crippen LogP contribution in [0.15, 0.2) is 18.7 Å². The van der Waals surface area contributed by atoms with Crippen LogP contribution in [0.25, 0.3) is 0 Å². The summed E-state index contributed by atoms with van der Waals surface area (Å²) in [7, 11) is 0. The number of carboxylic acids is 1. The summed E-state index contributed by atoms with van der Waals surface area (Å²) in [5.74, 6) is 0.145. The maximum absolute atomic E-state index is 10.8. The molecule has 1 aliphatic rings. The number of piperidine rings is 1. The van der Waals surface area contributed by atoms with Crippen LogP contribution in [-0.4, -0.2) is 45.2 Å². The number of aryl methyl sites for hydroxylation is 1. The van der Waals surface area contributed by atoms with Gasteiger partial charge in [0.2, 0.25) is 0 Å². The Kier molecular flexibility index (Phi) is 5.59. The zero-order valence-electron chi connectivity index (χ0n) is 12.2. The number of imidazole rings is 1. The number of aromatic nitrogens is 2. The Hall–Kier alpha value is -1.36. The zero-order valence-corrected chi connectivity index (χ0v) is 12.2. The Morgan fingerprint density at radius 1 is 1.50 bits per heavy atom. The molecule has 2 rings (SSSR count). The molecule has 5 nitrogen and oxygen atoms in total. The molecular weight excluding hydrogens is 254 g/mol. The van der Waals surface area contributed by atoms with Crippen molar-refractivity contribution in [2.24, 2.45) is 11.8 Å². The van der Waals surface area contributed by atoms with E-state index in [1.165, 1.54) is 12.8 Å². The second-order valence-electron chi connectivity index (χ2n) is 5.93. The third-order valence-electron chi connectivity index (χ3n) is 4.29. The zero-order chi connectivity index (χ0) is 14.4. The van der Waals surface area contributed by atoms with Crippen LogP contribution in [0.5, 0.6) is 0 Å². The Morgan fingerprint density at radius 3 is 3.05 bits per heavy atom. The van der Waals surface area contributed by atoms with Gasteiger partial charge in [0, 0.05) is 31.9 Å². The molecule has 1 aromatic rings. The molecular formula is C15H25N3O2. The lowest BCUT2D eigenvalue weighted by Gasteiger charge is -2.35. The van der Waals surface area contributed by atoms with Crippen LogP contribution < -0.4 is 0 Å². The van der Waals surface area contributed by atoms with E-state index in [2.05, 4.69) is 21.4 Å². The van der Waals surface area contributed by atoms with Crippen molar-refractivity contribution >= 4 is 5.97 Å². The maximum atomic E-state index is 10.8. The van der Waals surface area contributed by atoms with E-state index in [0.29, 0.717) is 12.3 Å². The number of hydrogen-bond acceptors (Lipinski definition) is 3. The van der Waals surface area contributed by atoms with Crippen molar-refractivity contribution in [1.29, 1.82) is 0 Å². The molecule has 2 atom stereocenters. The second-order valence-corrected chi connectivity index (χ2v) is 5.93. The van der Waals surface area contributed by atoms with Crippen molar-refractivity contribution in [2.45, 2.75) is 39.2 Å². The van der Waals surface area contributed by atoms with Crippen LogP contribution in [0.2, 0.25) is 0 Å². The smallest absolute Gasteiger partial charge is 0.303 e. The van der Waals surface area contributed by atoms with Crippen LogP contribution in [0, 0.1) is 11.8 Å². The number of carboxylic acid groups (broad SMARTS) is 1. The highest BCUT2D eigenvalue weighted by Crippen LogP contribution is 2.26. The Labute approximate surface area is 120 Å². The van der Waals surface area contributed by atoms with Gasteiger partial charge in [0.25, 0.3) is 0 Å². The van der Waals surface area contributed by atoms with Crippen molar-refractivity contribution in [3.63, 3.8) is 0 Å². The monoisotopic (exact) mass is 279 g/mol. The van der Waals surface area contributed by atoms with Crippen LogP contribution in [0.3, 0.4) is 0 Å². The lowest BCUT2D eigenvalue weighted by atomic mass is 9.84. The molecule has 0 spiro atoms. The SMILES string of the molecule is CC(CC(=O)O)C1CCCN(CCCn2ccnc2)C1. The number of carbonyl (C=O) groups is 1. The number of rotatable bonds is 7. The average molecular weight is 279 g/mol. The van der Waals surface area contributed by atoms with Crippen LogP contribution in [0.4, 0.5) is 0 Å². The van der Waals surface area contributed by atoms with Gasteiger partial charge in [-0.15, -0.1) is 0 Å². The topological polar surface area (TPSA) is 58.4 Å². The molecule has 1 aliphatic heterocycles. The van der Waals surface area contributed by atoms with Crippen molar-refractivity contribution < 1.29 is 9.90 Å². The average Bonchev–Trinajstić information content (AvgIpc) is 2.91. The van der Waals surface area contributed by atoms with Gasteiger partial charge in [0.15, 0.2) is 0 Å². The third-order valence-corrected chi connectivity index (χ3v) is 4.29. The largest absolute Gasteiger partial charge is 0.481 e. The normalized spacial score (nSPS) is 21.8. The predicted octanol–water partition coefficient (Wildman–Crippen LogP) is 2.10. The van der Waals surface area contributed by atoms with Crippen molar-refractivity contribution in [3.05, 3.63) is 18.7 Å². The molecule has 0 aromatic carbocycles. The Balaban J connectivity index is 1.71. The van der Waals surface area contributed by atoms with Crippen LogP contribution in [-0.2, 0) is 11.3 Å². The minimum absolute atomic E-state index is 0.281. The van der Waals surface area contributed by atoms with Crippen molar-refractivity contribution in [2.75, 3.05) is 19.6 Å². The lowest BCUT2D eigenvalue weighted by molar-refractivity contribution is -0.138. The number of hydrogen-bond donors (Lipinski definition) is 1. The van der Waals surface area contributed by atoms with Gasteiger partial charge in [0.05, 0.1) is 6.33 Å². The third kappa shape index (κ3) is 4.63. The van der Waals surface area contributed by atoms with E-state index in [0.717, 1.165) is 32.6 Å². The van der Waals surface area contributed by atoms with E-state index in [-0.39, 0.29) is 5.92 Å². The molecule has 0 radical (unpaired) electrons. The van der Waals surface area contributed by atoms with Crippen molar-refractivity contribution in [1.82, 2.24) is 14.5 Å². The van der Waals surface area contributed by atoms with E-state index in [1.54, 1.807) is 0 Å². The summed E-state index contributed by atoms with van der Waals surface area (Å²) in [5.41, 5.74) is 0. The molecule has 5 heteroatoms. The molecule has 0 bridgehead atoms. The molecule has 0 aliphatic carbocycles. The first-order valence-corrected chi connectivity index (χ1v) is 7.55. The van der Waals surface area contributed by atoms with Crippen LogP contribution >= 0.6 is 0 Å². The van der Waals surface area contributed by atoms with Crippen LogP contribution in [0.1, 0.15) is 32.6 Å². The second kappa shape index (κ2) is 7.43. The van der Waals surface area contributed by atoms with Gasteiger partial charge in [-0.25, -0.2) is 4.98 Å². The molecule has 1 saturated heterocycles. The van der Waals surface area contributed by atoms with E-state index in [4.69, 9.17) is 5.11 Å². The van der Waals surface area contributed by atoms with E-state index in [9.17, 15) is 4.79 Å². The Morgan fingerprint density at radius 2 is 2.35 bits per heavy atom. The summed E-state index contributed by atoms with van der Waals surface area (Å²) in [4.78, 5) is 17.3. The molecule has 20 heavy (non-hydrogen) atoms. The minimum atomic E-state index is -0.672. The van der Waals surface area contributed by atoms with Gasteiger partial charge in [0.1, 0.15) is 0 Å². The van der Waals surface area contributed by atoms with E-state index >= 15 is 0 Å². The molecule has 2 heterocycles. The molecule has 2 unspecified atom stereocenters. The van der Waals surface area contributed by atoms with Crippen molar-refractivity contribution in [3.8, 4) is 0 Å². The molecule has 1 fully saturated rings. The van der Waals surface area contributed by atoms with Gasteiger partial charge < -0.3 is 14.6 Å². The fraction of sp³-hybridized carbons (Fsp3) is 0.733. The van der Waals surface area contributed by atoms with Gasteiger partial charge >= 0.3 is 5.97 Å². The first-order chi connectivity index (χ1) is 9.65.